The first-order chi connectivity index (χ1) is 18.1. The third kappa shape index (κ3) is 6.90. The highest BCUT2D eigenvalue weighted by Crippen LogP contribution is 2.42. The summed E-state index contributed by atoms with van der Waals surface area (Å²) in [7, 11) is 0. The maximum atomic E-state index is 13.2. The smallest absolute Gasteiger partial charge is 0.333 e. The third-order valence-electron chi connectivity index (χ3n) is 6.36. The van der Waals surface area contributed by atoms with E-state index < -0.39 is 11.9 Å². The van der Waals surface area contributed by atoms with E-state index in [1.807, 2.05) is 36.4 Å². The number of hydrogen-bond donors (Lipinski definition) is 3. The summed E-state index contributed by atoms with van der Waals surface area (Å²) in [6.45, 7) is 5.37. The number of nitrogens with one attached hydrogen (secondary N) is 3. The molecule has 0 atom stereocenters. The van der Waals surface area contributed by atoms with Gasteiger partial charge in [0, 0.05) is 53.1 Å². The summed E-state index contributed by atoms with van der Waals surface area (Å²) in [6.07, 6.45) is 1.34. The Morgan fingerprint density at radius 1 is 1.00 bits per heavy atom. The molecule has 1 aliphatic carbocycles. The molecule has 202 valence electrons. The summed E-state index contributed by atoms with van der Waals surface area (Å²) in [5.41, 5.74) is 8.18. The zero-order chi connectivity index (χ0) is 27.3. The van der Waals surface area contributed by atoms with Gasteiger partial charge in [0.05, 0.1) is 6.67 Å². The fourth-order valence-corrected chi connectivity index (χ4v) is 4.78. The Kier molecular flexibility index (Phi) is 8.69. The number of ether oxygens (including phenoxy) is 1. The van der Waals surface area contributed by atoms with Crippen LogP contribution in [0.1, 0.15) is 26.7 Å². The topological polar surface area (TPSA) is 103 Å². The van der Waals surface area contributed by atoms with Crippen molar-refractivity contribution in [1.82, 2.24) is 16.2 Å². The molecule has 9 nitrogen and oxygen atoms in total. The number of nitrogens with zero attached hydrogens (tertiary/aromatic N) is 2. The van der Waals surface area contributed by atoms with Gasteiger partial charge in [-0.25, -0.2) is 10.2 Å². The van der Waals surface area contributed by atoms with E-state index in [0.717, 1.165) is 29.1 Å². The number of hydrazine groups is 1. The first kappa shape index (κ1) is 27.6. The van der Waals surface area contributed by atoms with Crippen LogP contribution in [0.15, 0.2) is 59.8 Å². The molecule has 1 aliphatic heterocycles. The predicted octanol–water partition coefficient (Wildman–Crippen LogP) is 4.22. The highest BCUT2D eigenvalue weighted by molar-refractivity contribution is 6.30. The summed E-state index contributed by atoms with van der Waals surface area (Å²) in [5, 5.41) is 3.12. The van der Waals surface area contributed by atoms with E-state index in [1.54, 1.807) is 12.1 Å². The summed E-state index contributed by atoms with van der Waals surface area (Å²) in [4.78, 5) is 40.9. The normalized spacial score (nSPS) is 16.6. The molecule has 2 aliphatic rings. The largest absolute Gasteiger partial charge is 0.484 e. The van der Waals surface area contributed by atoms with Crippen LogP contribution in [-0.2, 0) is 9.59 Å². The van der Waals surface area contributed by atoms with Crippen LogP contribution in [-0.4, -0.2) is 50.0 Å². The number of Topliss-reactive ketones (excluding diaryl/α,β-unsaturated/α-hetero) is 1. The maximum Gasteiger partial charge on any atom is 0.333 e. The summed E-state index contributed by atoms with van der Waals surface area (Å²) in [6, 6.07) is 14.4. The standard InChI is InChI=1S/C27H31Cl2N5O4/c1-27(2)13-23-22(24(35)14-27)15-33(17-34(23)20-5-3-18(29)4-6-20)19-7-9-21(10-8-19)38-16-25(36)31-32-26(37)30-12-11-28/h3-10H,11-17H2,1-2H3,(H,31,36)(H2,30,32,37). The van der Waals surface area contributed by atoms with Crippen LogP contribution in [0, 0.1) is 5.41 Å². The molecular weight excluding hydrogens is 529 g/mol. The first-order valence-electron chi connectivity index (χ1n) is 12.3. The van der Waals surface area contributed by atoms with Crippen LogP contribution in [0.5, 0.6) is 5.75 Å². The van der Waals surface area contributed by atoms with Crippen molar-refractivity contribution < 1.29 is 19.1 Å². The van der Waals surface area contributed by atoms with Gasteiger partial charge in [0.25, 0.3) is 5.91 Å². The van der Waals surface area contributed by atoms with Gasteiger partial charge in [-0.3, -0.25) is 15.0 Å². The van der Waals surface area contributed by atoms with Crippen molar-refractivity contribution in [3.05, 3.63) is 64.8 Å². The van der Waals surface area contributed by atoms with Gasteiger partial charge in [0.2, 0.25) is 0 Å². The SMILES string of the molecule is CC1(C)CC(=O)C2=C(C1)N(c1ccc(Cl)cc1)CN(c1ccc(OCC(=O)NNC(=O)NCCCl)cc1)C2. The van der Waals surface area contributed by atoms with Crippen LogP contribution in [0.3, 0.4) is 0 Å². The average Bonchev–Trinajstić information content (AvgIpc) is 2.89. The summed E-state index contributed by atoms with van der Waals surface area (Å²) >= 11 is 11.6. The monoisotopic (exact) mass is 559 g/mol. The number of amides is 3. The lowest BCUT2D eigenvalue weighted by molar-refractivity contribution is -0.123. The van der Waals surface area contributed by atoms with E-state index in [4.69, 9.17) is 27.9 Å². The highest BCUT2D eigenvalue weighted by Gasteiger charge is 2.39. The Bertz CT molecular complexity index is 1210. The minimum atomic E-state index is -0.559. The molecule has 0 spiro atoms. The van der Waals surface area contributed by atoms with Gasteiger partial charge >= 0.3 is 6.03 Å². The van der Waals surface area contributed by atoms with Crippen LogP contribution < -0.4 is 30.7 Å². The molecule has 38 heavy (non-hydrogen) atoms. The average molecular weight is 560 g/mol. The predicted molar refractivity (Wildman–Crippen MR) is 149 cm³/mol. The van der Waals surface area contributed by atoms with Crippen LogP contribution in [0.4, 0.5) is 16.2 Å². The van der Waals surface area contributed by atoms with Gasteiger partial charge in [0.15, 0.2) is 12.4 Å². The molecule has 0 bridgehead atoms. The number of carbonyl (C=O) groups is 3. The number of benzene rings is 2. The fraction of sp³-hybridized carbons (Fsp3) is 0.370. The summed E-state index contributed by atoms with van der Waals surface area (Å²) < 4.78 is 5.54. The number of anilines is 2. The lowest BCUT2D eigenvalue weighted by Crippen LogP contribution is -2.48. The van der Waals surface area contributed by atoms with Crippen molar-refractivity contribution in [3.8, 4) is 5.75 Å². The molecule has 2 aromatic carbocycles. The van der Waals surface area contributed by atoms with Gasteiger partial charge in [0.1, 0.15) is 5.75 Å². The fourth-order valence-electron chi connectivity index (χ4n) is 4.56. The Morgan fingerprint density at radius 2 is 1.68 bits per heavy atom. The van der Waals surface area contributed by atoms with E-state index in [1.165, 1.54) is 0 Å². The maximum absolute atomic E-state index is 13.2. The van der Waals surface area contributed by atoms with Crippen LogP contribution in [0.2, 0.25) is 5.02 Å². The van der Waals surface area contributed by atoms with Crippen molar-refractivity contribution in [3.63, 3.8) is 0 Å². The molecule has 0 fully saturated rings. The quantitative estimate of drug-likeness (QED) is 0.346. The number of ketones is 1. The second kappa shape index (κ2) is 12.0. The van der Waals surface area contributed by atoms with Crippen molar-refractivity contribution in [1.29, 1.82) is 0 Å². The number of hydrogen-bond acceptors (Lipinski definition) is 6. The first-order valence-corrected chi connectivity index (χ1v) is 13.2. The van der Waals surface area contributed by atoms with E-state index in [-0.39, 0.29) is 30.2 Å². The molecule has 0 saturated heterocycles. The minimum Gasteiger partial charge on any atom is -0.484 e. The van der Waals surface area contributed by atoms with E-state index in [2.05, 4.69) is 39.8 Å². The Balaban J connectivity index is 1.44. The molecule has 0 saturated carbocycles. The van der Waals surface area contributed by atoms with E-state index in [9.17, 15) is 14.4 Å². The Labute approximate surface area is 232 Å². The number of alkyl halides is 1. The molecule has 0 unspecified atom stereocenters. The second-order valence-electron chi connectivity index (χ2n) is 10.0. The molecule has 3 N–H and O–H groups in total. The molecule has 0 aromatic heterocycles. The zero-order valence-electron chi connectivity index (χ0n) is 21.4. The number of carbonyl (C=O) groups excluding carboxylic acids is 3. The van der Waals surface area contributed by atoms with Gasteiger partial charge < -0.3 is 19.9 Å². The summed E-state index contributed by atoms with van der Waals surface area (Å²) in [5.74, 6) is 0.431. The highest BCUT2D eigenvalue weighted by atomic mass is 35.5. The molecule has 1 heterocycles. The van der Waals surface area contributed by atoms with Crippen molar-refractivity contribution in [2.45, 2.75) is 26.7 Å². The molecule has 2 aromatic rings. The van der Waals surface area contributed by atoms with Crippen molar-refractivity contribution >= 4 is 52.3 Å². The molecule has 11 heteroatoms. The Hall–Kier alpha value is -3.43. The van der Waals surface area contributed by atoms with Crippen molar-refractivity contribution in [2.75, 3.05) is 42.0 Å². The Morgan fingerprint density at radius 3 is 2.37 bits per heavy atom. The van der Waals surface area contributed by atoms with Crippen LogP contribution >= 0.6 is 23.2 Å². The van der Waals surface area contributed by atoms with Gasteiger partial charge in [-0.2, -0.15) is 0 Å². The third-order valence-corrected chi connectivity index (χ3v) is 6.80. The lowest BCUT2D eigenvalue weighted by Gasteiger charge is -2.45. The molecule has 0 radical (unpaired) electrons. The molecule has 4 rings (SSSR count). The van der Waals surface area contributed by atoms with Gasteiger partial charge in [-0.05, 0) is 60.4 Å². The number of urea groups is 1. The minimum absolute atomic E-state index is 0.0997. The number of rotatable bonds is 7. The van der Waals surface area contributed by atoms with E-state index >= 15 is 0 Å². The van der Waals surface area contributed by atoms with Crippen LogP contribution in [0.25, 0.3) is 0 Å². The van der Waals surface area contributed by atoms with Gasteiger partial charge in [-0.1, -0.05) is 25.4 Å². The zero-order valence-corrected chi connectivity index (χ0v) is 22.9. The van der Waals surface area contributed by atoms with Crippen molar-refractivity contribution in [2.24, 2.45) is 5.41 Å². The second-order valence-corrected chi connectivity index (χ2v) is 10.8. The molecular formula is C27H31Cl2N5O4. The lowest BCUT2D eigenvalue weighted by atomic mass is 9.74. The number of allylic oxidation sites excluding steroid dienone is 1. The number of halogens is 2. The van der Waals surface area contributed by atoms with E-state index in [0.29, 0.717) is 30.4 Å². The van der Waals surface area contributed by atoms with Gasteiger partial charge in [-0.15, -0.1) is 11.6 Å². The molecule has 3 amide bonds.